The Labute approximate surface area is 181 Å². The molecule has 2 aromatic rings. The van der Waals surface area contributed by atoms with Gasteiger partial charge in [-0.15, -0.1) is 0 Å². The fraction of sp³-hybridized carbons (Fsp3) is 0.333. The van der Waals surface area contributed by atoms with Crippen LogP contribution in [-0.2, 0) is 20.0 Å². The number of alkyl halides is 3. The van der Waals surface area contributed by atoms with Gasteiger partial charge >= 0.3 is 6.18 Å². The molecule has 2 amide bonds. The maximum atomic E-state index is 13.8. The molecule has 11 heteroatoms. The summed E-state index contributed by atoms with van der Waals surface area (Å²) >= 11 is 0. The van der Waals surface area contributed by atoms with Crippen molar-refractivity contribution in [2.24, 2.45) is 11.7 Å². The maximum Gasteiger partial charge on any atom is 0.454 e. The van der Waals surface area contributed by atoms with Crippen LogP contribution in [0.4, 0.5) is 18.9 Å². The van der Waals surface area contributed by atoms with E-state index in [4.69, 9.17) is 5.73 Å². The highest BCUT2D eigenvalue weighted by atomic mass is 19.4. The Balaban J connectivity index is 3.04. The Kier molecular flexibility index (Phi) is 7.24. The highest BCUT2D eigenvalue weighted by Gasteiger charge is 2.57. The first kappa shape index (κ1) is 24.8. The van der Waals surface area contributed by atoms with Gasteiger partial charge in [-0.1, -0.05) is 44.2 Å². The number of pyridine rings is 1. The quantitative estimate of drug-likeness (QED) is 0.593. The molecule has 1 unspecified atom stereocenters. The zero-order valence-corrected chi connectivity index (χ0v) is 17.6. The van der Waals surface area contributed by atoms with Gasteiger partial charge in [-0.3, -0.25) is 23.7 Å². The molecule has 1 heterocycles. The van der Waals surface area contributed by atoms with Crippen LogP contribution in [0, 0.1) is 5.92 Å². The summed E-state index contributed by atoms with van der Waals surface area (Å²) in [6, 6.07) is 10.4. The fourth-order valence-electron chi connectivity index (χ4n) is 3.38. The summed E-state index contributed by atoms with van der Waals surface area (Å²) in [6.45, 7) is 2.99. The molecule has 0 aliphatic rings. The van der Waals surface area contributed by atoms with Crippen LogP contribution in [0.15, 0.2) is 47.3 Å². The van der Waals surface area contributed by atoms with Crippen molar-refractivity contribution in [1.29, 1.82) is 0 Å². The molecule has 0 saturated carbocycles. The normalized spacial score (nSPS) is 13.4. The second-order valence-corrected chi connectivity index (χ2v) is 7.32. The molecular formula is C21H23F3N4O4. The predicted molar refractivity (Wildman–Crippen MR) is 112 cm³/mol. The highest BCUT2D eigenvalue weighted by molar-refractivity contribution is 5.96. The van der Waals surface area contributed by atoms with Crippen LogP contribution in [0.5, 0.6) is 0 Å². The van der Waals surface area contributed by atoms with Gasteiger partial charge in [0.25, 0.3) is 11.3 Å². The summed E-state index contributed by atoms with van der Waals surface area (Å²) in [4.78, 5) is 50.0. The average Bonchev–Trinajstić information content (AvgIpc) is 2.72. The minimum absolute atomic E-state index is 0.0682. The number of carbonyl (C=O) groups excluding carboxylic acids is 3. The van der Waals surface area contributed by atoms with Crippen molar-refractivity contribution in [3.05, 3.63) is 52.8 Å². The lowest BCUT2D eigenvalue weighted by molar-refractivity contribution is -0.186. The number of rotatable bonds is 7. The summed E-state index contributed by atoms with van der Waals surface area (Å²) in [5.74, 6) is -5.28. The first-order valence-corrected chi connectivity index (χ1v) is 9.58. The van der Waals surface area contributed by atoms with Crippen LogP contribution in [0.25, 0.3) is 11.3 Å². The molecule has 32 heavy (non-hydrogen) atoms. The SMILES string of the molecule is CC(=O)NC(C(=O)C(F)(F)F)(C(C)C)n1c(-c2ccccc2)ccc(NC(=O)CN)c1=O. The van der Waals surface area contributed by atoms with Crippen molar-refractivity contribution in [3.63, 3.8) is 0 Å². The van der Waals surface area contributed by atoms with Gasteiger partial charge in [-0.2, -0.15) is 13.2 Å². The molecule has 0 bridgehead atoms. The molecule has 0 fully saturated rings. The molecule has 1 atom stereocenters. The number of Topliss-reactive ketones (excluding diaryl/α,β-unsaturated/α-hetero) is 1. The molecule has 0 radical (unpaired) electrons. The summed E-state index contributed by atoms with van der Waals surface area (Å²) < 4.78 is 41.9. The Hall–Kier alpha value is -3.47. The van der Waals surface area contributed by atoms with Gasteiger partial charge in [-0.05, 0) is 17.7 Å². The number of halogens is 3. The lowest BCUT2D eigenvalue weighted by atomic mass is 9.88. The third-order valence-electron chi connectivity index (χ3n) is 4.77. The number of hydrogen-bond donors (Lipinski definition) is 3. The van der Waals surface area contributed by atoms with Crippen molar-refractivity contribution in [3.8, 4) is 11.3 Å². The minimum atomic E-state index is -5.39. The number of benzene rings is 1. The summed E-state index contributed by atoms with van der Waals surface area (Å²) in [6.07, 6.45) is -5.39. The highest BCUT2D eigenvalue weighted by Crippen LogP contribution is 2.36. The minimum Gasteiger partial charge on any atom is -0.326 e. The van der Waals surface area contributed by atoms with Gasteiger partial charge < -0.3 is 16.4 Å². The van der Waals surface area contributed by atoms with Crippen LogP contribution in [0.2, 0.25) is 0 Å². The smallest absolute Gasteiger partial charge is 0.326 e. The molecule has 0 saturated heterocycles. The Morgan fingerprint density at radius 2 is 1.66 bits per heavy atom. The van der Waals surface area contributed by atoms with Gasteiger partial charge in [-0.25, -0.2) is 0 Å². The van der Waals surface area contributed by atoms with Crippen LogP contribution in [0.1, 0.15) is 20.8 Å². The van der Waals surface area contributed by atoms with E-state index in [1.54, 1.807) is 18.2 Å². The maximum absolute atomic E-state index is 13.8. The number of nitrogens with one attached hydrogen (secondary N) is 2. The number of ketones is 1. The number of amides is 2. The van der Waals surface area contributed by atoms with E-state index in [1.807, 2.05) is 0 Å². The Morgan fingerprint density at radius 1 is 1.06 bits per heavy atom. The third kappa shape index (κ3) is 4.72. The van der Waals surface area contributed by atoms with Crippen molar-refractivity contribution < 1.29 is 27.6 Å². The Bertz CT molecular complexity index is 1080. The third-order valence-corrected chi connectivity index (χ3v) is 4.77. The topological polar surface area (TPSA) is 123 Å². The van der Waals surface area contributed by atoms with E-state index in [2.05, 4.69) is 10.6 Å². The van der Waals surface area contributed by atoms with E-state index in [1.165, 1.54) is 38.1 Å². The predicted octanol–water partition coefficient (Wildman–Crippen LogP) is 1.99. The zero-order chi connectivity index (χ0) is 24.3. The Morgan fingerprint density at radius 3 is 2.12 bits per heavy atom. The summed E-state index contributed by atoms with van der Waals surface area (Å²) in [5.41, 5.74) is 1.16. The van der Waals surface area contributed by atoms with E-state index in [0.717, 1.165) is 6.92 Å². The molecule has 0 aliphatic carbocycles. The van der Waals surface area contributed by atoms with Gasteiger partial charge in [0.2, 0.25) is 11.8 Å². The van der Waals surface area contributed by atoms with E-state index in [9.17, 15) is 32.3 Å². The van der Waals surface area contributed by atoms with E-state index in [-0.39, 0.29) is 5.69 Å². The number of nitrogens with zero attached hydrogens (tertiary/aromatic N) is 1. The monoisotopic (exact) mass is 452 g/mol. The number of carbonyl (C=O) groups is 3. The molecule has 1 aromatic carbocycles. The van der Waals surface area contributed by atoms with E-state index < -0.39 is 53.1 Å². The van der Waals surface area contributed by atoms with E-state index in [0.29, 0.717) is 10.1 Å². The van der Waals surface area contributed by atoms with Crippen LogP contribution in [-0.4, -0.2) is 34.9 Å². The molecule has 0 aliphatic heterocycles. The van der Waals surface area contributed by atoms with Gasteiger partial charge in [0.1, 0.15) is 5.69 Å². The second-order valence-electron chi connectivity index (χ2n) is 7.32. The first-order chi connectivity index (χ1) is 14.9. The molecule has 1 aromatic heterocycles. The average molecular weight is 452 g/mol. The van der Waals surface area contributed by atoms with E-state index >= 15 is 0 Å². The van der Waals surface area contributed by atoms with Gasteiger partial charge in [0, 0.05) is 12.8 Å². The number of aromatic nitrogens is 1. The number of hydrogen-bond acceptors (Lipinski definition) is 5. The molecule has 8 nitrogen and oxygen atoms in total. The first-order valence-electron chi connectivity index (χ1n) is 9.58. The zero-order valence-electron chi connectivity index (χ0n) is 17.6. The van der Waals surface area contributed by atoms with Gasteiger partial charge in [0.15, 0.2) is 5.66 Å². The lowest BCUT2D eigenvalue weighted by Gasteiger charge is -2.40. The summed E-state index contributed by atoms with van der Waals surface area (Å²) in [5, 5.41) is 4.30. The van der Waals surface area contributed by atoms with Crippen molar-refractivity contribution in [2.75, 3.05) is 11.9 Å². The molecule has 4 N–H and O–H groups in total. The molecule has 0 spiro atoms. The van der Waals surface area contributed by atoms with Crippen molar-refractivity contribution in [1.82, 2.24) is 9.88 Å². The molecule has 2 rings (SSSR count). The molecular weight excluding hydrogens is 429 g/mol. The van der Waals surface area contributed by atoms with Crippen molar-refractivity contribution >= 4 is 23.3 Å². The lowest BCUT2D eigenvalue weighted by Crippen LogP contribution is -2.65. The van der Waals surface area contributed by atoms with Gasteiger partial charge in [0.05, 0.1) is 12.2 Å². The standard InChI is InChI=1S/C21H23F3N4O4/c1-12(2)20(27-13(3)29,19(32)21(22,23)24)28-16(14-7-5-4-6-8-14)10-9-15(18(28)31)26-17(30)11-25/h4-10,12H,11,25H2,1-3H3,(H,26,30)(H,27,29). The van der Waals surface area contributed by atoms with Crippen LogP contribution < -0.4 is 21.9 Å². The van der Waals surface area contributed by atoms with Crippen molar-refractivity contribution in [2.45, 2.75) is 32.6 Å². The van der Waals surface area contributed by atoms with Crippen LogP contribution >= 0.6 is 0 Å². The fourth-order valence-corrected chi connectivity index (χ4v) is 3.38. The summed E-state index contributed by atoms with van der Waals surface area (Å²) in [7, 11) is 0. The number of anilines is 1. The number of nitrogens with two attached hydrogens (primary N) is 1. The molecule has 172 valence electrons. The van der Waals surface area contributed by atoms with Crippen LogP contribution in [0.3, 0.4) is 0 Å². The largest absolute Gasteiger partial charge is 0.454 e. The second kappa shape index (κ2) is 9.35.